The number of likely N-dealkylation sites (N-methyl/N-ethyl adjacent to an activating group) is 1. The Bertz CT molecular complexity index is 392. The van der Waals surface area contributed by atoms with Crippen molar-refractivity contribution in [1.29, 1.82) is 0 Å². The predicted octanol–water partition coefficient (Wildman–Crippen LogP) is 1.98. The zero-order valence-corrected chi connectivity index (χ0v) is 10.4. The second-order valence-electron chi connectivity index (χ2n) is 5.14. The second-order valence-corrected chi connectivity index (χ2v) is 5.14. The van der Waals surface area contributed by atoms with Crippen LogP contribution < -0.4 is 0 Å². The maximum atomic E-state index is 5.97. The van der Waals surface area contributed by atoms with Crippen molar-refractivity contribution < 1.29 is 9.47 Å². The lowest BCUT2D eigenvalue weighted by atomic mass is 9.85. The molecule has 1 aromatic carbocycles. The first-order valence-electron chi connectivity index (χ1n) is 6.23. The molecule has 3 heteroatoms. The maximum absolute atomic E-state index is 5.97. The average molecular weight is 233 g/mol. The predicted molar refractivity (Wildman–Crippen MR) is 65.7 cm³/mol. The van der Waals surface area contributed by atoms with Crippen LogP contribution in [0.1, 0.15) is 18.4 Å². The molecule has 0 radical (unpaired) electrons. The molecule has 0 aromatic heterocycles. The van der Waals surface area contributed by atoms with Gasteiger partial charge < -0.3 is 9.47 Å². The third kappa shape index (κ3) is 1.61. The Balaban J connectivity index is 2.05. The summed E-state index contributed by atoms with van der Waals surface area (Å²) >= 11 is 0. The van der Waals surface area contributed by atoms with Crippen LogP contribution in [0.15, 0.2) is 30.3 Å². The summed E-state index contributed by atoms with van der Waals surface area (Å²) in [6.07, 6.45) is 2.25. The minimum atomic E-state index is -0.126. The lowest BCUT2D eigenvalue weighted by Crippen LogP contribution is -2.48. The van der Waals surface area contributed by atoms with E-state index in [9.17, 15) is 0 Å². The van der Waals surface area contributed by atoms with E-state index in [1.54, 1.807) is 0 Å². The normalized spacial score (nSPS) is 36.4. The van der Waals surface area contributed by atoms with E-state index in [1.165, 1.54) is 5.56 Å². The maximum Gasteiger partial charge on any atom is 0.180 e. The highest BCUT2D eigenvalue weighted by Gasteiger charge is 2.53. The van der Waals surface area contributed by atoms with E-state index in [0.29, 0.717) is 6.10 Å². The van der Waals surface area contributed by atoms with Crippen LogP contribution in [-0.4, -0.2) is 38.0 Å². The number of nitrogens with zero attached hydrogens (tertiary/aromatic N) is 1. The number of hydrogen-bond donors (Lipinski definition) is 0. The molecule has 0 saturated carbocycles. The van der Waals surface area contributed by atoms with Crippen molar-refractivity contribution in [2.24, 2.45) is 0 Å². The number of hydrogen-bond acceptors (Lipinski definition) is 3. The molecule has 2 heterocycles. The topological polar surface area (TPSA) is 21.7 Å². The van der Waals surface area contributed by atoms with Gasteiger partial charge in [0.2, 0.25) is 0 Å². The third-order valence-corrected chi connectivity index (χ3v) is 4.03. The van der Waals surface area contributed by atoms with Crippen LogP contribution in [0.4, 0.5) is 0 Å². The summed E-state index contributed by atoms with van der Waals surface area (Å²) in [6.45, 7) is 0.817. The largest absolute Gasteiger partial charge is 0.350 e. The molecule has 2 fully saturated rings. The summed E-state index contributed by atoms with van der Waals surface area (Å²) in [5.41, 5.74) is 1.17. The monoisotopic (exact) mass is 233 g/mol. The van der Waals surface area contributed by atoms with Gasteiger partial charge in [0.25, 0.3) is 0 Å². The van der Waals surface area contributed by atoms with Crippen molar-refractivity contribution >= 4 is 0 Å². The lowest BCUT2D eigenvalue weighted by molar-refractivity contribution is -0.209. The third-order valence-electron chi connectivity index (χ3n) is 4.03. The molecule has 3 nitrogen and oxygen atoms in total. The van der Waals surface area contributed by atoms with Gasteiger partial charge in [0.05, 0.1) is 18.2 Å². The Kier molecular flexibility index (Phi) is 2.69. The molecular weight excluding hydrogens is 214 g/mol. The molecule has 0 spiro atoms. The van der Waals surface area contributed by atoms with Crippen molar-refractivity contribution in [3.8, 4) is 0 Å². The summed E-state index contributed by atoms with van der Waals surface area (Å²) in [6, 6.07) is 10.6. The van der Waals surface area contributed by atoms with Crippen LogP contribution in [-0.2, 0) is 15.0 Å². The molecule has 0 N–H and O–H groups in total. The fourth-order valence-electron chi connectivity index (χ4n) is 3.06. The molecule has 17 heavy (non-hydrogen) atoms. The van der Waals surface area contributed by atoms with Crippen LogP contribution in [0.3, 0.4) is 0 Å². The molecule has 92 valence electrons. The molecule has 0 unspecified atom stereocenters. The molecule has 2 bridgehead atoms. The highest BCUT2D eigenvalue weighted by molar-refractivity contribution is 5.27. The standard InChI is InChI=1S/C14H19NO2/c1-15(2)14(11-6-4-3-5-7-11)10-12-8-9-16-13(14)17-12/h3-7,12-13H,8-10H2,1-2H3/t12-,13-,14+/m1/s1. The van der Waals surface area contributed by atoms with E-state index in [-0.39, 0.29) is 11.8 Å². The number of rotatable bonds is 2. The molecule has 2 aliphatic heterocycles. The summed E-state index contributed by atoms with van der Waals surface area (Å²) in [7, 11) is 4.22. The SMILES string of the molecule is CN(C)[C@]1(c2ccccc2)C[C@H]2CCO[C@@H]1O2. The number of fused-ring (bicyclic) bond motifs is 2. The van der Waals surface area contributed by atoms with Gasteiger partial charge in [-0.3, -0.25) is 4.90 Å². The smallest absolute Gasteiger partial charge is 0.180 e. The molecule has 3 atom stereocenters. The van der Waals surface area contributed by atoms with E-state index in [4.69, 9.17) is 9.47 Å². The molecule has 1 aromatic rings. The summed E-state index contributed by atoms with van der Waals surface area (Å²) in [5, 5.41) is 0. The number of benzene rings is 1. The van der Waals surface area contributed by atoms with Gasteiger partial charge in [-0.2, -0.15) is 0 Å². The summed E-state index contributed by atoms with van der Waals surface area (Å²) in [5.74, 6) is 0. The molecule has 2 aliphatic rings. The van der Waals surface area contributed by atoms with Crippen molar-refractivity contribution in [2.45, 2.75) is 30.8 Å². The highest BCUT2D eigenvalue weighted by Crippen LogP contribution is 2.46. The first kappa shape index (κ1) is 11.2. The van der Waals surface area contributed by atoms with E-state index in [2.05, 4.69) is 49.3 Å². The van der Waals surface area contributed by atoms with E-state index < -0.39 is 0 Å². The van der Waals surface area contributed by atoms with Crippen LogP contribution >= 0.6 is 0 Å². The zero-order chi connectivity index (χ0) is 11.9. The van der Waals surface area contributed by atoms with Crippen LogP contribution in [0.5, 0.6) is 0 Å². The molecule has 2 saturated heterocycles. The number of ether oxygens (including phenoxy) is 2. The first-order chi connectivity index (χ1) is 8.23. The summed E-state index contributed by atoms with van der Waals surface area (Å²) < 4.78 is 11.8. The quantitative estimate of drug-likeness (QED) is 0.779. The second kappa shape index (κ2) is 4.09. The van der Waals surface area contributed by atoms with Gasteiger partial charge >= 0.3 is 0 Å². The Morgan fingerprint density at radius 1 is 1.24 bits per heavy atom. The summed E-state index contributed by atoms with van der Waals surface area (Å²) in [4.78, 5) is 2.25. The highest BCUT2D eigenvalue weighted by atomic mass is 16.7. The van der Waals surface area contributed by atoms with Gasteiger partial charge in [0, 0.05) is 6.42 Å². The zero-order valence-electron chi connectivity index (χ0n) is 10.4. The first-order valence-corrected chi connectivity index (χ1v) is 6.23. The van der Waals surface area contributed by atoms with E-state index in [0.717, 1.165) is 19.4 Å². The Labute approximate surface area is 102 Å². The van der Waals surface area contributed by atoms with Gasteiger partial charge in [-0.1, -0.05) is 30.3 Å². The Morgan fingerprint density at radius 2 is 2.00 bits per heavy atom. The molecule has 0 aliphatic carbocycles. The van der Waals surface area contributed by atoms with Crippen LogP contribution in [0, 0.1) is 0 Å². The fraction of sp³-hybridized carbons (Fsp3) is 0.571. The van der Waals surface area contributed by atoms with E-state index in [1.807, 2.05) is 0 Å². The molecular formula is C14H19NO2. The minimum Gasteiger partial charge on any atom is -0.350 e. The van der Waals surface area contributed by atoms with E-state index >= 15 is 0 Å². The minimum absolute atomic E-state index is 0.123. The van der Waals surface area contributed by atoms with Crippen LogP contribution in [0.2, 0.25) is 0 Å². The van der Waals surface area contributed by atoms with Gasteiger partial charge in [0.15, 0.2) is 6.29 Å². The van der Waals surface area contributed by atoms with Crippen molar-refractivity contribution in [3.63, 3.8) is 0 Å². The Morgan fingerprint density at radius 3 is 2.65 bits per heavy atom. The fourth-order valence-corrected chi connectivity index (χ4v) is 3.06. The van der Waals surface area contributed by atoms with Gasteiger partial charge in [-0.25, -0.2) is 0 Å². The van der Waals surface area contributed by atoms with Crippen molar-refractivity contribution in [1.82, 2.24) is 4.90 Å². The van der Waals surface area contributed by atoms with Crippen molar-refractivity contribution in [3.05, 3.63) is 35.9 Å². The lowest BCUT2D eigenvalue weighted by Gasteiger charge is -2.39. The average Bonchev–Trinajstić information content (AvgIpc) is 2.62. The molecule has 3 rings (SSSR count). The Hall–Kier alpha value is -0.900. The van der Waals surface area contributed by atoms with Crippen molar-refractivity contribution in [2.75, 3.05) is 20.7 Å². The van der Waals surface area contributed by atoms with Crippen LogP contribution in [0.25, 0.3) is 0 Å². The van der Waals surface area contributed by atoms with Gasteiger partial charge in [0.1, 0.15) is 0 Å². The van der Waals surface area contributed by atoms with Gasteiger partial charge in [-0.15, -0.1) is 0 Å². The van der Waals surface area contributed by atoms with Gasteiger partial charge in [-0.05, 0) is 26.1 Å². The molecule has 0 amide bonds.